The van der Waals surface area contributed by atoms with Crippen molar-refractivity contribution in [3.05, 3.63) is 53.2 Å². The topological polar surface area (TPSA) is 71.5 Å². The van der Waals surface area contributed by atoms with Crippen LogP contribution < -0.4 is 10.1 Å². The van der Waals surface area contributed by atoms with Gasteiger partial charge in [-0.05, 0) is 48.9 Å². The van der Waals surface area contributed by atoms with Gasteiger partial charge in [0.05, 0.1) is 5.41 Å². The number of pyridine rings is 1. The number of halogens is 2. The van der Waals surface area contributed by atoms with E-state index in [0.29, 0.717) is 31.5 Å². The predicted molar refractivity (Wildman–Crippen MR) is 116 cm³/mol. The van der Waals surface area contributed by atoms with E-state index in [1.165, 1.54) is 6.07 Å². The molecule has 1 aliphatic carbocycles. The Balaban J connectivity index is 1.68. The Morgan fingerprint density at radius 3 is 2.53 bits per heavy atom. The molecular weight excluding hydrogens is 416 g/mol. The summed E-state index contributed by atoms with van der Waals surface area (Å²) in [7, 11) is 0. The van der Waals surface area contributed by atoms with Crippen molar-refractivity contribution in [1.82, 2.24) is 9.88 Å². The summed E-state index contributed by atoms with van der Waals surface area (Å²) < 4.78 is 30.3. The fraction of sp³-hybridized carbons (Fsp3) is 0.458. The summed E-state index contributed by atoms with van der Waals surface area (Å²) >= 11 is 0. The molecule has 1 N–H and O–H groups in total. The maximum atomic E-state index is 13.7. The Labute approximate surface area is 186 Å². The molecule has 2 heterocycles. The van der Waals surface area contributed by atoms with Crippen LogP contribution in [0.5, 0.6) is 5.88 Å². The highest BCUT2D eigenvalue weighted by Gasteiger charge is 2.55. The van der Waals surface area contributed by atoms with Crippen molar-refractivity contribution in [1.29, 1.82) is 0 Å². The van der Waals surface area contributed by atoms with Gasteiger partial charge in [-0.1, -0.05) is 38.1 Å². The lowest BCUT2D eigenvalue weighted by atomic mass is 9.58. The van der Waals surface area contributed by atoms with E-state index < -0.39 is 12.0 Å². The lowest BCUT2D eigenvalue weighted by Gasteiger charge is -2.53. The molecule has 1 saturated heterocycles. The van der Waals surface area contributed by atoms with E-state index in [1.54, 1.807) is 13.0 Å². The van der Waals surface area contributed by atoms with Crippen LogP contribution in [0.4, 0.5) is 14.5 Å². The van der Waals surface area contributed by atoms with E-state index >= 15 is 0 Å². The number of nitrogens with one attached hydrogen (secondary N) is 1. The maximum absolute atomic E-state index is 13.7. The zero-order valence-electron chi connectivity index (χ0n) is 18.4. The molecule has 170 valence electrons. The van der Waals surface area contributed by atoms with Crippen LogP contribution in [-0.2, 0) is 15.0 Å². The van der Waals surface area contributed by atoms with Gasteiger partial charge in [-0.2, -0.15) is 8.78 Å². The third-order valence-electron chi connectivity index (χ3n) is 6.48. The van der Waals surface area contributed by atoms with E-state index in [4.69, 9.17) is 0 Å². The first-order chi connectivity index (χ1) is 15.2. The van der Waals surface area contributed by atoms with Gasteiger partial charge in [0.2, 0.25) is 17.7 Å². The monoisotopic (exact) mass is 443 g/mol. The number of amides is 2. The van der Waals surface area contributed by atoms with Crippen LogP contribution in [0.1, 0.15) is 55.8 Å². The molecule has 2 fully saturated rings. The third kappa shape index (κ3) is 3.94. The number of alkyl halides is 2. The number of aromatic nitrogens is 1. The molecule has 1 aliphatic heterocycles. The zero-order valence-corrected chi connectivity index (χ0v) is 18.4. The highest BCUT2D eigenvalue weighted by atomic mass is 19.3. The first-order valence-electron chi connectivity index (χ1n) is 10.8. The summed E-state index contributed by atoms with van der Waals surface area (Å²) in [5.74, 6) is -0.315. The quantitative estimate of drug-likeness (QED) is 0.645. The minimum atomic E-state index is -3.05. The van der Waals surface area contributed by atoms with Crippen molar-refractivity contribution in [2.24, 2.45) is 0 Å². The van der Waals surface area contributed by atoms with Crippen molar-refractivity contribution in [2.75, 3.05) is 11.9 Å². The smallest absolute Gasteiger partial charge is 0.388 e. The molecule has 4 rings (SSSR count). The van der Waals surface area contributed by atoms with Crippen LogP contribution in [0.15, 0.2) is 36.4 Å². The highest BCUT2D eigenvalue weighted by molar-refractivity contribution is 6.01. The van der Waals surface area contributed by atoms with Crippen molar-refractivity contribution >= 4 is 17.5 Å². The summed E-state index contributed by atoms with van der Waals surface area (Å²) in [5.41, 5.74) is 1.70. The largest absolute Gasteiger partial charge is 0.415 e. The maximum Gasteiger partial charge on any atom is 0.388 e. The van der Waals surface area contributed by atoms with Crippen LogP contribution in [0.3, 0.4) is 0 Å². The number of carbonyl (C=O) groups is 2. The van der Waals surface area contributed by atoms with Crippen molar-refractivity contribution in [3.8, 4) is 5.88 Å². The van der Waals surface area contributed by atoms with E-state index in [1.807, 2.05) is 29.2 Å². The standard InChI is InChI=1S/C24H27F2N3O3/c1-14(2)17-6-4-5-7-18(17)24(12-16(13-24)29-11-10-20(29)30)22(31)28-19-9-8-15(3)27-21(19)32-23(25)26/h4-9,14,16,23H,10-13H2,1-3H3,(H,28,31). The molecule has 32 heavy (non-hydrogen) atoms. The molecule has 1 aromatic heterocycles. The van der Waals surface area contributed by atoms with Gasteiger partial charge in [0, 0.05) is 24.7 Å². The minimum Gasteiger partial charge on any atom is -0.415 e. The molecule has 8 heteroatoms. The number of aryl methyl sites for hydroxylation is 1. The van der Waals surface area contributed by atoms with E-state index in [9.17, 15) is 18.4 Å². The molecule has 0 unspecified atom stereocenters. The van der Waals surface area contributed by atoms with Crippen molar-refractivity contribution in [3.63, 3.8) is 0 Å². The average Bonchev–Trinajstić information content (AvgIpc) is 2.70. The number of ether oxygens (including phenoxy) is 1. The molecule has 2 amide bonds. The van der Waals surface area contributed by atoms with Gasteiger partial charge in [0.1, 0.15) is 5.69 Å². The number of β-lactam (4-membered cyclic amide) rings is 1. The third-order valence-corrected chi connectivity index (χ3v) is 6.48. The van der Waals surface area contributed by atoms with E-state index in [2.05, 4.69) is 28.9 Å². The fourth-order valence-electron chi connectivity index (χ4n) is 4.69. The number of rotatable bonds is 7. The summed E-state index contributed by atoms with van der Waals surface area (Å²) in [6.07, 6.45) is 1.51. The van der Waals surface area contributed by atoms with Gasteiger partial charge in [0.15, 0.2) is 0 Å². The summed E-state index contributed by atoms with van der Waals surface area (Å²) in [6, 6.07) is 11.0. The van der Waals surface area contributed by atoms with Crippen LogP contribution in [-0.4, -0.2) is 40.9 Å². The Hall–Kier alpha value is -3.03. The second-order valence-electron chi connectivity index (χ2n) is 8.86. The first kappa shape index (κ1) is 22.2. The minimum absolute atomic E-state index is 0.00449. The Morgan fingerprint density at radius 1 is 1.22 bits per heavy atom. The molecule has 6 nitrogen and oxygen atoms in total. The number of nitrogens with zero attached hydrogens (tertiary/aromatic N) is 2. The molecule has 2 aromatic rings. The van der Waals surface area contributed by atoms with Crippen LogP contribution in [0.25, 0.3) is 0 Å². The number of likely N-dealkylation sites (tertiary alicyclic amines) is 1. The highest BCUT2D eigenvalue weighted by Crippen LogP contribution is 2.50. The molecule has 0 radical (unpaired) electrons. The van der Waals surface area contributed by atoms with Gasteiger partial charge >= 0.3 is 6.61 Å². The van der Waals surface area contributed by atoms with Crippen LogP contribution in [0, 0.1) is 6.92 Å². The average molecular weight is 443 g/mol. The van der Waals surface area contributed by atoms with Gasteiger partial charge < -0.3 is 15.0 Å². The molecule has 1 saturated carbocycles. The van der Waals surface area contributed by atoms with Gasteiger partial charge in [0.25, 0.3) is 0 Å². The van der Waals surface area contributed by atoms with E-state index in [0.717, 1.165) is 11.1 Å². The lowest BCUT2D eigenvalue weighted by molar-refractivity contribution is -0.150. The summed E-state index contributed by atoms with van der Waals surface area (Å²) in [6.45, 7) is 3.45. The summed E-state index contributed by atoms with van der Waals surface area (Å²) in [4.78, 5) is 31.5. The van der Waals surface area contributed by atoms with Crippen LogP contribution in [0.2, 0.25) is 0 Å². The predicted octanol–water partition coefficient (Wildman–Crippen LogP) is 4.39. The van der Waals surface area contributed by atoms with E-state index in [-0.39, 0.29) is 35.3 Å². The Kier molecular flexibility index (Phi) is 5.88. The molecule has 0 spiro atoms. The van der Waals surface area contributed by atoms with Crippen LogP contribution >= 0.6 is 0 Å². The number of hydrogen-bond donors (Lipinski definition) is 1. The second-order valence-corrected chi connectivity index (χ2v) is 8.86. The van der Waals surface area contributed by atoms with Gasteiger partial charge in [-0.25, -0.2) is 4.98 Å². The first-order valence-corrected chi connectivity index (χ1v) is 10.8. The van der Waals surface area contributed by atoms with Gasteiger partial charge in [-0.15, -0.1) is 0 Å². The summed E-state index contributed by atoms with van der Waals surface area (Å²) in [5, 5.41) is 2.79. The molecule has 1 aromatic carbocycles. The zero-order chi connectivity index (χ0) is 23.0. The number of benzene rings is 1. The SMILES string of the molecule is Cc1ccc(NC(=O)C2(c3ccccc3C(C)C)CC(N3CCC3=O)C2)c(OC(F)F)n1. The normalized spacial score (nSPS) is 22.5. The fourth-order valence-corrected chi connectivity index (χ4v) is 4.69. The second kappa shape index (κ2) is 8.48. The van der Waals surface area contributed by atoms with Gasteiger partial charge in [-0.3, -0.25) is 9.59 Å². The number of anilines is 1. The number of carbonyl (C=O) groups excluding carboxylic acids is 2. The molecule has 0 atom stereocenters. The Bertz CT molecular complexity index is 1030. The molecule has 0 bridgehead atoms. The number of hydrogen-bond acceptors (Lipinski definition) is 4. The van der Waals surface area contributed by atoms with Crippen molar-refractivity contribution < 1.29 is 23.1 Å². The van der Waals surface area contributed by atoms with Crippen molar-refractivity contribution in [2.45, 2.75) is 64.0 Å². The molecular formula is C24H27F2N3O3. The lowest BCUT2D eigenvalue weighted by Crippen LogP contribution is -2.63. The Morgan fingerprint density at radius 2 is 1.94 bits per heavy atom. The molecule has 2 aliphatic rings.